The summed E-state index contributed by atoms with van der Waals surface area (Å²) in [5.41, 5.74) is 0.438. The minimum Gasteiger partial charge on any atom is -0.479 e. The van der Waals surface area contributed by atoms with E-state index in [9.17, 15) is 4.79 Å². The summed E-state index contributed by atoms with van der Waals surface area (Å²) in [6.45, 7) is 3.88. The molecule has 0 aliphatic carbocycles. The first-order chi connectivity index (χ1) is 7.65. The highest BCUT2D eigenvalue weighted by Crippen LogP contribution is 2.17. The van der Waals surface area contributed by atoms with Crippen molar-refractivity contribution >= 4 is 10.9 Å². The molecule has 2 heterocycles. The van der Waals surface area contributed by atoms with Crippen LogP contribution in [0.5, 0.6) is 5.88 Å². The third kappa shape index (κ3) is 1.54. The Bertz CT molecular complexity index is 575. The second-order valence-electron chi connectivity index (χ2n) is 3.77. The van der Waals surface area contributed by atoms with E-state index in [2.05, 4.69) is 9.97 Å². The normalized spacial score (nSPS) is 11.0. The molecular weight excluding hydrogens is 206 g/mol. The van der Waals surface area contributed by atoms with Gasteiger partial charge in [0.25, 0.3) is 5.56 Å². The summed E-state index contributed by atoms with van der Waals surface area (Å²) in [6, 6.07) is 1.75. The van der Waals surface area contributed by atoms with Crippen LogP contribution in [0.15, 0.2) is 23.4 Å². The molecule has 0 atom stereocenters. The van der Waals surface area contributed by atoms with Gasteiger partial charge in [0.1, 0.15) is 5.52 Å². The molecule has 5 nitrogen and oxygen atoms in total. The zero-order chi connectivity index (χ0) is 11.7. The molecule has 0 aromatic carbocycles. The molecule has 0 aliphatic heterocycles. The lowest BCUT2D eigenvalue weighted by Gasteiger charge is -2.10. The van der Waals surface area contributed by atoms with Gasteiger partial charge in [-0.15, -0.1) is 0 Å². The fourth-order valence-corrected chi connectivity index (χ4v) is 1.56. The van der Waals surface area contributed by atoms with Gasteiger partial charge in [-0.05, 0) is 19.9 Å². The van der Waals surface area contributed by atoms with Crippen LogP contribution in [0, 0.1) is 0 Å². The van der Waals surface area contributed by atoms with Crippen molar-refractivity contribution in [3.05, 3.63) is 28.9 Å². The van der Waals surface area contributed by atoms with Crippen LogP contribution >= 0.6 is 0 Å². The topological polar surface area (TPSA) is 57.0 Å². The van der Waals surface area contributed by atoms with Crippen molar-refractivity contribution in [2.24, 2.45) is 0 Å². The van der Waals surface area contributed by atoms with Crippen LogP contribution in [0.2, 0.25) is 0 Å². The molecule has 0 N–H and O–H groups in total. The Hall–Kier alpha value is -1.91. The molecule has 0 radical (unpaired) electrons. The Kier molecular flexibility index (Phi) is 2.60. The zero-order valence-corrected chi connectivity index (χ0v) is 9.47. The van der Waals surface area contributed by atoms with Crippen LogP contribution in [-0.4, -0.2) is 21.6 Å². The maximum atomic E-state index is 12.1. The third-order valence-electron chi connectivity index (χ3n) is 2.42. The third-order valence-corrected chi connectivity index (χ3v) is 2.42. The minimum absolute atomic E-state index is 0.0688. The molecule has 0 bridgehead atoms. The first-order valence-electron chi connectivity index (χ1n) is 5.05. The molecule has 2 aromatic heterocycles. The van der Waals surface area contributed by atoms with Crippen molar-refractivity contribution in [2.45, 2.75) is 19.9 Å². The van der Waals surface area contributed by atoms with E-state index in [0.29, 0.717) is 16.8 Å². The van der Waals surface area contributed by atoms with Gasteiger partial charge >= 0.3 is 0 Å². The van der Waals surface area contributed by atoms with E-state index >= 15 is 0 Å². The molecule has 16 heavy (non-hydrogen) atoms. The zero-order valence-electron chi connectivity index (χ0n) is 9.47. The van der Waals surface area contributed by atoms with Crippen LogP contribution in [0.25, 0.3) is 10.9 Å². The van der Waals surface area contributed by atoms with E-state index in [1.54, 1.807) is 16.8 Å². The van der Waals surface area contributed by atoms with Crippen molar-refractivity contribution < 1.29 is 4.74 Å². The second-order valence-corrected chi connectivity index (χ2v) is 3.77. The molecule has 0 fully saturated rings. The molecule has 0 spiro atoms. The quantitative estimate of drug-likeness (QED) is 0.765. The van der Waals surface area contributed by atoms with Crippen LogP contribution in [0.3, 0.4) is 0 Å². The van der Waals surface area contributed by atoms with Gasteiger partial charge in [0.15, 0.2) is 0 Å². The molecule has 5 heteroatoms. The maximum absolute atomic E-state index is 12.1. The average Bonchev–Trinajstić information content (AvgIpc) is 2.28. The lowest BCUT2D eigenvalue weighted by atomic mass is 10.3. The van der Waals surface area contributed by atoms with Gasteiger partial charge in [-0.1, -0.05) is 0 Å². The molecule has 0 amide bonds. The number of nitrogens with zero attached hydrogens (tertiary/aromatic N) is 3. The molecule has 2 rings (SSSR count). The van der Waals surface area contributed by atoms with Crippen molar-refractivity contribution in [1.82, 2.24) is 14.5 Å². The maximum Gasteiger partial charge on any atom is 0.261 e. The Labute approximate surface area is 92.7 Å². The second kappa shape index (κ2) is 3.92. The molecule has 0 aliphatic rings. The van der Waals surface area contributed by atoms with Crippen LogP contribution in [-0.2, 0) is 0 Å². The van der Waals surface area contributed by atoms with Crippen molar-refractivity contribution in [2.75, 3.05) is 7.11 Å². The van der Waals surface area contributed by atoms with Crippen LogP contribution in [0.4, 0.5) is 0 Å². The highest BCUT2D eigenvalue weighted by molar-refractivity contribution is 5.81. The van der Waals surface area contributed by atoms with Crippen molar-refractivity contribution in [1.29, 1.82) is 0 Å². The number of pyridine rings is 1. The van der Waals surface area contributed by atoms with Crippen molar-refractivity contribution in [3.63, 3.8) is 0 Å². The van der Waals surface area contributed by atoms with Gasteiger partial charge < -0.3 is 4.74 Å². The van der Waals surface area contributed by atoms with E-state index < -0.39 is 0 Å². The number of ether oxygens (including phenoxy) is 1. The lowest BCUT2D eigenvalue weighted by molar-refractivity contribution is 0.402. The number of hydrogen-bond donors (Lipinski definition) is 0. The average molecular weight is 219 g/mol. The van der Waals surface area contributed by atoms with E-state index in [1.807, 2.05) is 13.8 Å². The van der Waals surface area contributed by atoms with E-state index in [1.165, 1.54) is 13.4 Å². The molecular formula is C11H13N3O2. The van der Waals surface area contributed by atoms with E-state index in [0.717, 1.165) is 0 Å². The summed E-state index contributed by atoms with van der Waals surface area (Å²) < 4.78 is 6.65. The minimum atomic E-state index is -0.0688. The number of rotatable bonds is 2. The predicted octanol–water partition coefficient (Wildman–Crippen LogP) is 1.38. The molecule has 2 aromatic rings. The van der Waals surface area contributed by atoms with Gasteiger partial charge in [0.05, 0.1) is 18.8 Å². The number of hydrogen-bond acceptors (Lipinski definition) is 4. The molecule has 0 unspecified atom stereocenters. The Balaban J connectivity index is 2.82. The van der Waals surface area contributed by atoms with Crippen LogP contribution in [0.1, 0.15) is 19.9 Å². The monoisotopic (exact) mass is 219 g/mol. The number of aromatic nitrogens is 3. The largest absolute Gasteiger partial charge is 0.479 e. The van der Waals surface area contributed by atoms with Gasteiger partial charge in [-0.2, -0.15) is 0 Å². The standard InChI is InChI=1S/C11H13N3O2/c1-7(2)14-6-13-9-8(11(14)15)4-5-12-10(9)16-3/h4-7H,1-3H3. The summed E-state index contributed by atoms with van der Waals surface area (Å²) in [7, 11) is 1.51. The summed E-state index contributed by atoms with van der Waals surface area (Å²) in [4.78, 5) is 20.3. The van der Waals surface area contributed by atoms with Gasteiger partial charge in [-0.3, -0.25) is 9.36 Å². The Morgan fingerprint density at radius 2 is 2.12 bits per heavy atom. The molecule has 0 saturated heterocycles. The summed E-state index contributed by atoms with van der Waals surface area (Å²) in [6.07, 6.45) is 3.08. The fraction of sp³-hybridized carbons (Fsp3) is 0.364. The SMILES string of the molecule is COc1nccc2c(=O)n(C(C)C)cnc12. The summed E-state index contributed by atoms with van der Waals surface area (Å²) in [5, 5.41) is 0.531. The smallest absolute Gasteiger partial charge is 0.261 e. The number of methoxy groups -OCH3 is 1. The first-order valence-corrected chi connectivity index (χ1v) is 5.05. The lowest BCUT2D eigenvalue weighted by Crippen LogP contribution is -2.22. The predicted molar refractivity (Wildman–Crippen MR) is 60.7 cm³/mol. The molecule has 0 saturated carbocycles. The van der Waals surface area contributed by atoms with E-state index in [-0.39, 0.29) is 11.6 Å². The first kappa shape index (κ1) is 10.6. The van der Waals surface area contributed by atoms with Crippen molar-refractivity contribution in [3.8, 4) is 5.88 Å². The highest BCUT2D eigenvalue weighted by atomic mass is 16.5. The van der Waals surface area contributed by atoms with Gasteiger partial charge in [0, 0.05) is 12.2 Å². The molecule has 84 valence electrons. The fourth-order valence-electron chi connectivity index (χ4n) is 1.56. The highest BCUT2D eigenvalue weighted by Gasteiger charge is 2.10. The summed E-state index contributed by atoms with van der Waals surface area (Å²) in [5.74, 6) is 0.380. The Morgan fingerprint density at radius 3 is 2.75 bits per heavy atom. The van der Waals surface area contributed by atoms with Gasteiger partial charge in [-0.25, -0.2) is 9.97 Å². The Morgan fingerprint density at radius 1 is 1.38 bits per heavy atom. The van der Waals surface area contributed by atoms with Gasteiger partial charge in [0.2, 0.25) is 5.88 Å². The number of fused-ring (bicyclic) bond motifs is 1. The van der Waals surface area contributed by atoms with Crippen LogP contribution < -0.4 is 10.3 Å². The summed E-state index contributed by atoms with van der Waals surface area (Å²) >= 11 is 0. The van der Waals surface area contributed by atoms with E-state index in [4.69, 9.17) is 4.74 Å².